The van der Waals surface area contributed by atoms with Gasteiger partial charge in [0.05, 0.1) is 0 Å². The summed E-state index contributed by atoms with van der Waals surface area (Å²) in [5.74, 6) is 1.61. The van der Waals surface area contributed by atoms with Gasteiger partial charge < -0.3 is 4.90 Å². The maximum atomic E-state index is 5.97. The molecule has 1 unspecified atom stereocenters. The monoisotopic (exact) mass is 268 g/mol. The Bertz CT molecular complexity index is 366. The quantitative estimate of drug-likeness (QED) is 0.682. The topological polar surface area (TPSA) is 16.1 Å². The van der Waals surface area contributed by atoms with Gasteiger partial charge in [0, 0.05) is 24.7 Å². The number of alkyl halides is 1. The summed E-state index contributed by atoms with van der Waals surface area (Å²) < 4.78 is 0. The second-order valence-electron chi connectivity index (χ2n) is 4.96. The van der Waals surface area contributed by atoms with E-state index in [-0.39, 0.29) is 0 Å². The Morgan fingerprint density at radius 2 is 2.00 bits per heavy atom. The average molecular weight is 269 g/mol. The van der Waals surface area contributed by atoms with Crippen LogP contribution in [0, 0.1) is 0 Å². The molecule has 1 atom stereocenters. The second-order valence-corrected chi connectivity index (χ2v) is 5.22. The zero-order valence-electron chi connectivity index (χ0n) is 12.0. The van der Waals surface area contributed by atoms with Crippen LogP contribution in [0.5, 0.6) is 0 Å². The number of pyridine rings is 1. The molecule has 0 saturated heterocycles. The largest absolute Gasteiger partial charge is 0.357 e. The Morgan fingerprint density at radius 1 is 1.28 bits per heavy atom. The summed E-state index contributed by atoms with van der Waals surface area (Å²) in [6.07, 6.45) is 4.52. The molecule has 0 aliphatic heterocycles. The first-order chi connectivity index (χ1) is 8.62. The maximum Gasteiger partial charge on any atom is 0.129 e. The highest BCUT2D eigenvalue weighted by atomic mass is 35.5. The van der Waals surface area contributed by atoms with E-state index in [1.165, 1.54) is 18.4 Å². The van der Waals surface area contributed by atoms with Crippen molar-refractivity contribution in [1.29, 1.82) is 0 Å². The van der Waals surface area contributed by atoms with E-state index < -0.39 is 0 Å². The fraction of sp³-hybridized carbons (Fsp3) is 0.667. The average Bonchev–Trinajstić information content (AvgIpc) is 2.38. The predicted octanol–water partition coefficient (Wildman–Crippen LogP) is 4.40. The lowest BCUT2D eigenvalue weighted by Gasteiger charge is -2.26. The van der Waals surface area contributed by atoms with Crippen LogP contribution in [0.4, 0.5) is 5.82 Å². The molecular weight excluding hydrogens is 244 g/mol. The Balaban J connectivity index is 2.95. The summed E-state index contributed by atoms with van der Waals surface area (Å²) in [6.45, 7) is 6.64. The zero-order valence-corrected chi connectivity index (χ0v) is 12.8. The molecule has 0 bridgehead atoms. The first kappa shape index (κ1) is 15.3. The van der Waals surface area contributed by atoms with Gasteiger partial charge in [0.25, 0.3) is 0 Å². The molecule has 0 radical (unpaired) electrons. The van der Waals surface area contributed by atoms with E-state index in [1.54, 1.807) is 0 Å². The summed E-state index contributed by atoms with van der Waals surface area (Å²) in [7, 11) is 2.12. The van der Waals surface area contributed by atoms with E-state index in [9.17, 15) is 0 Å². The van der Waals surface area contributed by atoms with Gasteiger partial charge in [-0.05, 0) is 37.5 Å². The summed E-state index contributed by atoms with van der Waals surface area (Å²) in [5, 5.41) is 0. The first-order valence-corrected chi connectivity index (χ1v) is 7.44. The van der Waals surface area contributed by atoms with Gasteiger partial charge in [0.15, 0.2) is 0 Å². The molecule has 0 spiro atoms. The minimum Gasteiger partial charge on any atom is -0.357 e. The van der Waals surface area contributed by atoms with Gasteiger partial charge in [0.2, 0.25) is 0 Å². The Labute approximate surface area is 116 Å². The van der Waals surface area contributed by atoms with Crippen LogP contribution in [-0.4, -0.2) is 18.1 Å². The molecule has 0 N–H and O–H groups in total. The van der Waals surface area contributed by atoms with Gasteiger partial charge in [-0.25, -0.2) is 4.98 Å². The molecule has 1 rings (SSSR count). The van der Waals surface area contributed by atoms with Crippen LogP contribution in [0.3, 0.4) is 0 Å². The van der Waals surface area contributed by atoms with Crippen molar-refractivity contribution in [2.45, 2.75) is 58.4 Å². The standard InChI is InChI=1S/C15H25ClN2/c1-5-7-12(3)18(4)15-10-13(11-16)9-14(17-15)8-6-2/h9-10,12H,5-8,11H2,1-4H3. The number of anilines is 1. The highest BCUT2D eigenvalue weighted by Gasteiger charge is 2.12. The molecule has 0 amide bonds. The molecule has 0 aliphatic carbocycles. The normalized spacial score (nSPS) is 12.5. The molecule has 2 nitrogen and oxygen atoms in total. The fourth-order valence-corrected chi connectivity index (χ4v) is 2.27. The molecule has 1 heterocycles. The van der Waals surface area contributed by atoms with E-state index in [2.05, 4.69) is 44.9 Å². The summed E-state index contributed by atoms with van der Waals surface area (Å²) in [4.78, 5) is 7.00. The van der Waals surface area contributed by atoms with Crippen molar-refractivity contribution in [3.05, 3.63) is 23.4 Å². The third-order valence-electron chi connectivity index (χ3n) is 3.31. The molecule has 0 aliphatic rings. The number of rotatable bonds is 7. The second kappa shape index (κ2) is 7.63. The van der Waals surface area contributed by atoms with Crippen LogP contribution < -0.4 is 4.90 Å². The Morgan fingerprint density at radius 3 is 2.56 bits per heavy atom. The molecule has 1 aromatic heterocycles. The van der Waals surface area contributed by atoms with E-state index in [1.807, 2.05) is 0 Å². The minimum absolute atomic E-state index is 0.516. The maximum absolute atomic E-state index is 5.97. The first-order valence-electron chi connectivity index (χ1n) is 6.91. The molecular formula is C15H25ClN2. The van der Waals surface area contributed by atoms with Crippen molar-refractivity contribution in [3.8, 4) is 0 Å². The van der Waals surface area contributed by atoms with Gasteiger partial charge in [0.1, 0.15) is 5.82 Å². The number of aromatic nitrogens is 1. The van der Waals surface area contributed by atoms with Crippen molar-refractivity contribution < 1.29 is 0 Å². The van der Waals surface area contributed by atoms with Crippen LogP contribution in [0.15, 0.2) is 12.1 Å². The smallest absolute Gasteiger partial charge is 0.129 e. The van der Waals surface area contributed by atoms with Crippen LogP contribution in [0.2, 0.25) is 0 Å². The van der Waals surface area contributed by atoms with Gasteiger partial charge in [-0.3, -0.25) is 0 Å². The SMILES string of the molecule is CCCc1cc(CCl)cc(N(C)C(C)CCC)n1. The summed E-state index contributed by atoms with van der Waals surface area (Å²) >= 11 is 5.97. The molecule has 0 fully saturated rings. The molecule has 1 aromatic rings. The molecule has 102 valence electrons. The van der Waals surface area contributed by atoms with Gasteiger partial charge in [-0.2, -0.15) is 0 Å². The lowest BCUT2D eigenvalue weighted by atomic mass is 10.1. The number of nitrogens with zero attached hydrogens (tertiary/aromatic N) is 2. The summed E-state index contributed by atoms with van der Waals surface area (Å²) in [6, 6.07) is 4.75. The molecule has 0 aromatic carbocycles. The van der Waals surface area contributed by atoms with Crippen molar-refractivity contribution in [2.75, 3.05) is 11.9 Å². The van der Waals surface area contributed by atoms with E-state index >= 15 is 0 Å². The minimum atomic E-state index is 0.516. The molecule has 3 heteroatoms. The lowest BCUT2D eigenvalue weighted by molar-refractivity contribution is 0.610. The van der Waals surface area contributed by atoms with Crippen molar-refractivity contribution in [1.82, 2.24) is 4.98 Å². The van der Waals surface area contributed by atoms with Crippen LogP contribution in [-0.2, 0) is 12.3 Å². The third-order valence-corrected chi connectivity index (χ3v) is 3.62. The van der Waals surface area contributed by atoms with E-state index in [4.69, 9.17) is 16.6 Å². The van der Waals surface area contributed by atoms with Crippen LogP contribution >= 0.6 is 11.6 Å². The van der Waals surface area contributed by atoms with Gasteiger partial charge in [-0.1, -0.05) is 26.7 Å². The van der Waals surface area contributed by atoms with Crippen molar-refractivity contribution in [2.24, 2.45) is 0 Å². The van der Waals surface area contributed by atoms with Gasteiger partial charge >= 0.3 is 0 Å². The number of halogens is 1. The number of hydrogen-bond acceptors (Lipinski definition) is 2. The highest BCUT2D eigenvalue weighted by Crippen LogP contribution is 2.19. The Kier molecular flexibility index (Phi) is 6.48. The van der Waals surface area contributed by atoms with Crippen LogP contribution in [0.25, 0.3) is 0 Å². The van der Waals surface area contributed by atoms with Crippen molar-refractivity contribution in [3.63, 3.8) is 0 Å². The fourth-order valence-electron chi connectivity index (χ4n) is 2.11. The highest BCUT2D eigenvalue weighted by molar-refractivity contribution is 6.17. The predicted molar refractivity (Wildman–Crippen MR) is 80.6 cm³/mol. The van der Waals surface area contributed by atoms with E-state index in [0.717, 1.165) is 24.4 Å². The summed E-state index contributed by atoms with van der Waals surface area (Å²) in [5.41, 5.74) is 2.32. The zero-order chi connectivity index (χ0) is 13.5. The Hall–Kier alpha value is -0.760. The number of aryl methyl sites for hydroxylation is 1. The third kappa shape index (κ3) is 4.16. The number of hydrogen-bond donors (Lipinski definition) is 0. The molecule has 0 saturated carbocycles. The van der Waals surface area contributed by atoms with E-state index in [0.29, 0.717) is 11.9 Å². The molecule has 18 heavy (non-hydrogen) atoms. The van der Waals surface area contributed by atoms with Crippen LogP contribution in [0.1, 0.15) is 51.3 Å². The lowest BCUT2D eigenvalue weighted by Crippen LogP contribution is -2.29. The van der Waals surface area contributed by atoms with Crippen molar-refractivity contribution >= 4 is 17.4 Å². The van der Waals surface area contributed by atoms with Gasteiger partial charge in [-0.15, -0.1) is 11.6 Å².